The fraction of sp³-hybridized carbons (Fsp3) is 0.750. The van der Waals surface area contributed by atoms with Crippen LogP contribution in [0.4, 0.5) is 0 Å². The lowest BCUT2D eigenvalue weighted by Gasteiger charge is -2.17. The van der Waals surface area contributed by atoms with Crippen LogP contribution in [-0.2, 0) is 4.79 Å². The molecule has 0 aromatic carbocycles. The molecule has 0 heterocycles. The summed E-state index contributed by atoms with van der Waals surface area (Å²) in [5, 5.41) is 2.77. The van der Waals surface area contributed by atoms with Gasteiger partial charge >= 0.3 is 0 Å². The second kappa shape index (κ2) is 7.30. The van der Waals surface area contributed by atoms with Gasteiger partial charge in [0, 0.05) is 0 Å². The van der Waals surface area contributed by atoms with Crippen molar-refractivity contribution in [2.24, 2.45) is 11.7 Å². The van der Waals surface area contributed by atoms with Gasteiger partial charge in [0.25, 0.3) is 0 Å². The molecule has 3 nitrogen and oxygen atoms in total. The molecule has 3 heteroatoms. The van der Waals surface area contributed by atoms with Crippen LogP contribution in [0.15, 0.2) is 0 Å². The van der Waals surface area contributed by atoms with Crippen molar-refractivity contribution in [2.75, 3.05) is 0 Å². The van der Waals surface area contributed by atoms with Gasteiger partial charge in [-0.1, -0.05) is 33.1 Å². The van der Waals surface area contributed by atoms with Crippen molar-refractivity contribution in [1.82, 2.24) is 5.32 Å². The highest BCUT2D eigenvalue weighted by atomic mass is 16.2. The van der Waals surface area contributed by atoms with Crippen LogP contribution in [0.5, 0.6) is 0 Å². The van der Waals surface area contributed by atoms with Crippen LogP contribution in [0.25, 0.3) is 0 Å². The smallest absolute Gasteiger partial charge is 0.237 e. The minimum Gasteiger partial charge on any atom is -0.341 e. The molecule has 0 spiro atoms. The molecule has 1 amide bonds. The maximum atomic E-state index is 11.6. The Kier molecular flexibility index (Phi) is 6.81. The van der Waals surface area contributed by atoms with Crippen molar-refractivity contribution in [1.29, 1.82) is 0 Å². The Morgan fingerprint density at radius 3 is 2.53 bits per heavy atom. The van der Waals surface area contributed by atoms with Crippen molar-refractivity contribution in [3.8, 4) is 12.3 Å². The highest BCUT2D eigenvalue weighted by molar-refractivity contribution is 5.82. The summed E-state index contributed by atoms with van der Waals surface area (Å²) in [4.78, 5) is 11.6. The van der Waals surface area contributed by atoms with Gasteiger partial charge in [-0.2, -0.15) is 0 Å². The zero-order valence-electron chi connectivity index (χ0n) is 9.92. The highest BCUT2D eigenvalue weighted by Crippen LogP contribution is 2.03. The molecule has 0 aliphatic heterocycles. The number of nitrogens with one attached hydrogen (secondary N) is 1. The Labute approximate surface area is 92.8 Å². The molecule has 3 N–H and O–H groups in total. The molecule has 0 saturated carbocycles. The normalized spacial score (nSPS) is 14.4. The number of hydrogen-bond acceptors (Lipinski definition) is 2. The summed E-state index contributed by atoms with van der Waals surface area (Å²) in [6.45, 7) is 6.11. The zero-order chi connectivity index (χ0) is 11.8. The van der Waals surface area contributed by atoms with E-state index >= 15 is 0 Å². The Bertz CT molecular complexity index is 230. The Balaban J connectivity index is 4.05. The third kappa shape index (κ3) is 6.14. The van der Waals surface area contributed by atoms with Crippen LogP contribution in [0.3, 0.4) is 0 Å². The van der Waals surface area contributed by atoms with Crippen LogP contribution in [0.2, 0.25) is 0 Å². The quantitative estimate of drug-likeness (QED) is 0.649. The number of nitrogens with two attached hydrogens (primary N) is 1. The maximum absolute atomic E-state index is 11.6. The van der Waals surface area contributed by atoms with Crippen LogP contribution >= 0.6 is 0 Å². The summed E-state index contributed by atoms with van der Waals surface area (Å²) in [6.07, 6.45) is 7.75. The summed E-state index contributed by atoms with van der Waals surface area (Å²) in [6, 6.07) is -0.626. The first-order valence-corrected chi connectivity index (χ1v) is 5.53. The average molecular weight is 210 g/mol. The largest absolute Gasteiger partial charge is 0.341 e. The first-order chi connectivity index (χ1) is 7.01. The Morgan fingerprint density at radius 2 is 2.13 bits per heavy atom. The molecule has 15 heavy (non-hydrogen) atoms. The first-order valence-electron chi connectivity index (χ1n) is 5.53. The van der Waals surface area contributed by atoms with Crippen LogP contribution < -0.4 is 11.1 Å². The van der Waals surface area contributed by atoms with Crippen LogP contribution in [0.1, 0.15) is 40.0 Å². The van der Waals surface area contributed by atoms with Gasteiger partial charge in [0.1, 0.15) is 0 Å². The molecule has 0 bridgehead atoms. The van der Waals surface area contributed by atoms with E-state index in [9.17, 15) is 4.79 Å². The topological polar surface area (TPSA) is 55.1 Å². The predicted molar refractivity (Wildman–Crippen MR) is 63.1 cm³/mol. The van der Waals surface area contributed by atoms with Crippen LogP contribution in [-0.4, -0.2) is 18.0 Å². The van der Waals surface area contributed by atoms with Crippen molar-refractivity contribution in [2.45, 2.75) is 52.1 Å². The molecule has 2 atom stereocenters. The summed E-state index contributed by atoms with van der Waals surface area (Å²) in [5.74, 6) is 2.83. The summed E-state index contributed by atoms with van der Waals surface area (Å²) < 4.78 is 0. The zero-order valence-corrected chi connectivity index (χ0v) is 9.92. The van der Waals surface area contributed by atoms with E-state index in [-0.39, 0.29) is 11.9 Å². The van der Waals surface area contributed by atoms with Crippen molar-refractivity contribution >= 4 is 5.91 Å². The SMILES string of the molecule is C#CC(CCC)NC(=O)[C@H](N)CC(C)C. The first kappa shape index (κ1) is 14.0. The standard InChI is InChI=1S/C12H22N2O/c1-5-7-10(6-2)14-12(15)11(13)8-9(3)4/h2,9-11H,5,7-8,13H2,1,3-4H3,(H,14,15)/t10?,11-/m1/s1. The summed E-state index contributed by atoms with van der Waals surface area (Å²) in [5.41, 5.74) is 5.74. The van der Waals surface area contributed by atoms with E-state index in [0.717, 1.165) is 12.8 Å². The summed E-state index contributed by atoms with van der Waals surface area (Å²) in [7, 11) is 0. The molecule has 0 aromatic rings. The van der Waals surface area contributed by atoms with E-state index in [1.807, 2.05) is 20.8 Å². The number of carbonyl (C=O) groups excluding carboxylic acids is 1. The van der Waals surface area contributed by atoms with Crippen molar-refractivity contribution in [3.05, 3.63) is 0 Å². The number of amides is 1. The summed E-state index contributed by atoms with van der Waals surface area (Å²) >= 11 is 0. The van der Waals surface area contributed by atoms with E-state index in [4.69, 9.17) is 12.2 Å². The number of terminal acetylenes is 1. The fourth-order valence-corrected chi connectivity index (χ4v) is 1.38. The van der Waals surface area contributed by atoms with E-state index in [2.05, 4.69) is 11.2 Å². The van der Waals surface area contributed by atoms with Gasteiger partial charge < -0.3 is 11.1 Å². The monoisotopic (exact) mass is 210 g/mol. The minimum absolute atomic E-state index is 0.139. The molecule has 0 fully saturated rings. The lowest BCUT2D eigenvalue weighted by atomic mass is 10.0. The second-order valence-electron chi connectivity index (χ2n) is 4.25. The molecule has 0 aliphatic rings. The van der Waals surface area contributed by atoms with Crippen molar-refractivity contribution < 1.29 is 4.79 Å². The Hall–Kier alpha value is -1.01. The van der Waals surface area contributed by atoms with E-state index in [1.54, 1.807) is 0 Å². The van der Waals surface area contributed by atoms with Gasteiger partial charge in [0.05, 0.1) is 12.1 Å². The molecular weight excluding hydrogens is 188 g/mol. The highest BCUT2D eigenvalue weighted by Gasteiger charge is 2.17. The van der Waals surface area contributed by atoms with Gasteiger partial charge in [-0.3, -0.25) is 4.79 Å². The molecular formula is C12H22N2O. The number of rotatable bonds is 6. The number of carbonyl (C=O) groups is 1. The maximum Gasteiger partial charge on any atom is 0.237 e. The molecule has 0 rings (SSSR count). The molecule has 86 valence electrons. The van der Waals surface area contributed by atoms with E-state index in [0.29, 0.717) is 12.3 Å². The van der Waals surface area contributed by atoms with Crippen LogP contribution in [0, 0.1) is 18.3 Å². The Morgan fingerprint density at radius 1 is 1.53 bits per heavy atom. The van der Waals surface area contributed by atoms with Gasteiger partial charge in [0.15, 0.2) is 0 Å². The van der Waals surface area contributed by atoms with E-state index in [1.165, 1.54) is 0 Å². The molecule has 0 saturated heterocycles. The van der Waals surface area contributed by atoms with Gasteiger partial charge in [-0.15, -0.1) is 6.42 Å². The molecule has 0 aliphatic carbocycles. The van der Waals surface area contributed by atoms with Gasteiger partial charge in [0.2, 0.25) is 5.91 Å². The van der Waals surface area contributed by atoms with Gasteiger partial charge in [-0.05, 0) is 18.8 Å². The van der Waals surface area contributed by atoms with E-state index < -0.39 is 6.04 Å². The van der Waals surface area contributed by atoms with Gasteiger partial charge in [-0.25, -0.2) is 0 Å². The molecule has 0 radical (unpaired) electrons. The lowest BCUT2D eigenvalue weighted by molar-refractivity contribution is -0.123. The molecule has 1 unspecified atom stereocenters. The predicted octanol–water partition coefficient (Wildman–Crippen LogP) is 1.28. The fourth-order valence-electron chi connectivity index (χ4n) is 1.38. The molecule has 0 aromatic heterocycles. The minimum atomic E-state index is -0.447. The average Bonchev–Trinajstić information content (AvgIpc) is 2.15. The lowest BCUT2D eigenvalue weighted by Crippen LogP contribution is -2.45. The third-order valence-electron chi connectivity index (χ3n) is 2.16. The van der Waals surface area contributed by atoms with Crippen molar-refractivity contribution in [3.63, 3.8) is 0 Å². The second-order valence-corrected chi connectivity index (χ2v) is 4.25. The third-order valence-corrected chi connectivity index (χ3v) is 2.16. The number of hydrogen-bond donors (Lipinski definition) is 2.